The highest BCUT2D eigenvalue weighted by atomic mass is 16.5. The van der Waals surface area contributed by atoms with Gasteiger partial charge in [-0.1, -0.05) is 6.07 Å². The van der Waals surface area contributed by atoms with E-state index in [1.807, 2.05) is 19.1 Å². The van der Waals surface area contributed by atoms with Crippen LogP contribution in [0, 0.1) is 18.8 Å². The molecule has 7 nitrogen and oxygen atoms in total. The van der Waals surface area contributed by atoms with Crippen LogP contribution < -0.4 is 9.64 Å². The van der Waals surface area contributed by atoms with E-state index in [1.165, 1.54) is 7.11 Å². The van der Waals surface area contributed by atoms with E-state index in [2.05, 4.69) is 15.1 Å². The van der Waals surface area contributed by atoms with E-state index in [1.54, 1.807) is 24.3 Å². The number of esters is 1. The van der Waals surface area contributed by atoms with E-state index in [4.69, 9.17) is 9.47 Å². The molecule has 2 fully saturated rings. The van der Waals surface area contributed by atoms with E-state index in [0.717, 1.165) is 31.0 Å². The number of nitrogens with zero attached hydrogens (tertiary/aromatic N) is 3. The lowest BCUT2D eigenvalue weighted by Crippen LogP contribution is -2.42. The molecule has 1 saturated carbocycles. The summed E-state index contributed by atoms with van der Waals surface area (Å²) in [5.74, 6) is 1.90. The second kappa shape index (κ2) is 7.75. The molecular weight excluding hydrogens is 358 g/mol. The van der Waals surface area contributed by atoms with Crippen molar-refractivity contribution in [3.63, 3.8) is 0 Å². The Kier molecular flexibility index (Phi) is 5.17. The molecule has 28 heavy (non-hydrogen) atoms. The molecular formula is C21H25N3O4. The Morgan fingerprint density at radius 2 is 1.93 bits per heavy atom. The molecule has 0 amide bonds. The summed E-state index contributed by atoms with van der Waals surface area (Å²) in [5, 5.41) is 19.1. The fraction of sp³-hybridized carbons (Fsp3) is 0.476. The number of carbonyl (C=O) groups excluding carboxylic acids is 1. The first-order chi connectivity index (χ1) is 13.5. The van der Waals surface area contributed by atoms with Gasteiger partial charge in [0.2, 0.25) is 0 Å². The first-order valence-electron chi connectivity index (χ1n) is 9.62. The van der Waals surface area contributed by atoms with Crippen LogP contribution in [-0.4, -0.2) is 53.7 Å². The highest BCUT2D eigenvalue weighted by Gasteiger charge is 2.43. The fourth-order valence-corrected chi connectivity index (χ4v) is 4.25. The SMILES string of the molecule is COC(=O)c1cccc(O[C@@H]2C[C@@H]3CN(c4ccc(C)nn4)C[C@@H]3C[C@H]2O)c1. The number of carbonyl (C=O) groups is 1. The molecule has 0 bridgehead atoms. The monoisotopic (exact) mass is 383 g/mol. The summed E-state index contributed by atoms with van der Waals surface area (Å²) in [4.78, 5) is 14.0. The smallest absolute Gasteiger partial charge is 0.337 e. The Labute approximate surface area is 164 Å². The zero-order valence-corrected chi connectivity index (χ0v) is 16.1. The van der Waals surface area contributed by atoms with Gasteiger partial charge in [-0.05, 0) is 61.9 Å². The first-order valence-corrected chi connectivity index (χ1v) is 9.62. The van der Waals surface area contributed by atoms with Crippen molar-refractivity contribution >= 4 is 11.8 Å². The Hall–Kier alpha value is -2.67. The molecule has 2 heterocycles. The normalized spacial score (nSPS) is 26.6. The minimum absolute atomic E-state index is 0.293. The fourth-order valence-electron chi connectivity index (χ4n) is 4.25. The van der Waals surface area contributed by atoms with E-state index >= 15 is 0 Å². The number of ether oxygens (including phenoxy) is 2. The van der Waals surface area contributed by atoms with E-state index in [-0.39, 0.29) is 6.10 Å². The zero-order valence-electron chi connectivity index (χ0n) is 16.1. The Morgan fingerprint density at radius 1 is 1.14 bits per heavy atom. The van der Waals surface area contributed by atoms with Gasteiger partial charge in [0, 0.05) is 13.1 Å². The maximum Gasteiger partial charge on any atom is 0.337 e. The lowest BCUT2D eigenvalue weighted by atomic mass is 9.78. The zero-order chi connectivity index (χ0) is 19.7. The van der Waals surface area contributed by atoms with Crippen molar-refractivity contribution in [1.82, 2.24) is 10.2 Å². The molecule has 1 N–H and O–H groups in total. The van der Waals surface area contributed by atoms with Crippen LogP contribution >= 0.6 is 0 Å². The number of fused-ring (bicyclic) bond motifs is 1. The maximum absolute atomic E-state index is 11.7. The molecule has 2 aliphatic rings. The summed E-state index contributed by atoms with van der Waals surface area (Å²) in [6.45, 7) is 3.69. The number of rotatable bonds is 4. The molecule has 1 saturated heterocycles. The van der Waals surface area contributed by atoms with Crippen molar-refractivity contribution in [2.45, 2.75) is 32.0 Å². The van der Waals surface area contributed by atoms with Crippen molar-refractivity contribution in [2.75, 3.05) is 25.1 Å². The van der Waals surface area contributed by atoms with Crippen LogP contribution in [0.2, 0.25) is 0 Å². The van der Waals surface area contributed by atoms with Gasteiger partial charge in [0.25, 0.3) is 0 Å². The second-order valence-electron chi connectivity index (χ2n) is 7.67. The number of aromatic nitrogens is 2. The van der Waals surface area contributed by atoms with Crippen molar-refractivity contribution in [1.29, 1.82) is 0 Å². The minimum atomic E-state index is -0.535. The number of methoxy groups -OCH3 is 1. The highest BCUT2D eigenvalue weighted by Crippen LogP contribution is 2.39. The quantitative estimate of drug-likeness (QED) is 0.811. The molecule has 4 atom stereocenters. The third-order valence-electron chi connectivity index (χ3n) is 5.74. The molecule has 2 aromatic rings. The van der Waals surface area contributed by atoms with Crippen LogP contribution in [-0.2, 0) is 4.74 Å². The number of benzene rings is 1. The summed E-state index contributed by atoms with van der Waals surface area (Å²) >= 11 is 0. The highest BCUT2D eigenvalue weighted by molar-refractivity contribution is 5.89. The predicted molar refractivity (Wildman–Crippen MR) is 103 cm³/mol. The standard InChI is InChI=1S/C21H25N3O4/c1-13-6-7-20(23-22-13)24-11-15-9-18(25)19(10-16(15)12-24)28-17-5-3-4-14(8-17)21(26)27-2/h3-8,15-16,18-19,25H,9-12H2,1-2H3/t15-,16+,18+,19+/m0/s1. The van der Waals surface area contributed by atoms with E-state index in [0.29, 0.717) is 29.6 Å². The number of hydrogen-bond acceptors (Lipinski definition) is 7. The Balaban J connectivity index is 1.43. The number of hydrogen-bond donors (Lipinski definition) is 1. The minimum Gasteiger partial charge on any atom is -0.488 e. The number of anilines is 1. The van der Waals surface area contributed by atoms with Crippen LogP contribution in [0.25, 0.3) is 0 Å². The van der Waals surface area contributed by atoms with Crippen LogP contribution in [0.1, 0.15) is 28.9 Å². The number of aliphatic hydroxyl groups is 1. The summed E-state index contributed by atoms with van der Waals surface area (Å²) in [7, 11) is 1.35. The molecule has 1 aromatic carbocycles. The van der Waals surface area contributed by atoms with Gasteiger partial charge in [0.05, 0.1) is 24.5 Å². The van der Waals surface area contributed by atoms with Gasteiger partial charge < -0.3 is 19.5 Å². The van der Waals surface area contributed by atoms with Gasteiger partial charge in [-0.25, -0.2) is 4.79 Å². The summed E-state index contributed by atoms with van der Waals surface area (Å²) in [6, 6.07) is 10.9. The van der Waals surface area contributed by atoms with E-state index < -0.39 is 12.1 Å². The average Bonchev–Trinajstić information content (AvgIpc) is 3.11. The third-order valence-corrected chi connectivity index (χ3v) is 5.74. The lowest BCUT2D eigenvalue weighted by Gasteiger charge is -2.35. The van der Waals surface area contributed by atoms with Crippen molar-refractivity contribution < 1.29 is 19.4 Å². The number of aliphatic hydroxyl groups excluding tert-OH is 1. The van der Waals surface area contributed by atoms with Crippen molar-refractivity contribution in [2.24, 2.45) is 11.8 Å². The molecule has 7 heteroatoms. The molecule has 148 valence electrons. The van der Waals surface area contributed by atoms with Crippen LogP contribution in [0.15, 0.2) is 36.4 Å². The van der Waals surface area contributed by atoms with Gasteiger partial charge >= 0.3 is 5.97 Å². The van der Waals surface area contributed by atoms with Crippen LogP contribution in [0.3, 0.4) is 0 Å². The number of aryl methyl sites for hydroxylation is 1. The third kappa shape index (κ3) is 3.80. The first kappa shape index (κ1) is 18.7. The largest absolute Gasteiger partial charge is 0.488 e. The predicted octanol–water partition coefficient (Wildman–Crippen LogP) is 2.23. The van der Waals surface area contributed by atoms with Crippen molar-refractivity contribution in [3.05, 3.63) is 47.7 Å². The van der Waals surface area contributed by atoms with Gasteiger partial charge in [-0.2, -0.15) is 5.10 Å². The van der Waals surface area contributed by atoms with Gasteiger partial charge in [-0.15, -0.1) is 5.10 Å². The van der Waals surface area contributed by atoms with Crippen LogP contribution in [0.4, 0.5) is 5.82 Å². The van der Waals surface area contributed by atoms with Crippen molar-refractivity contribution in [3.8, 4) is 5.75 Å². The van der Waals surface area contributed by atoms with Gasteiger partial charge in [0.1, 0.15) is 11.9 Å². The average molecular weight is 383 g/mol. The molecule has 0 unspecified atom stereocenters. The van der Waals surface area contributed by atoms with E-state index in [9.17, 15) is 9.90 Å². The van der Waals surface area contributed by atoms with Gasteiger partial charge in [-0.3, -0.25) is 0 Å². The molecule has 4 rings (SSSR count). The summed E-state index contributed by atoms with van der Waals surface area (Å²) in [5.41, 5.74) is 1.34. The van der Waals surface area contributed by atoms with Gasteiger partial charge in [0.15, 0.2) is 5.82 Å². The lowest BCUT2D eigenvalue weighted by molar-refractivity contribution is -0.0231. The molecule has 0 spiro atoms. The molecule has 1 aliphatic carbocycles. The topological polar surface area (TPSA) is 84.8 Å². The Morgan fingerprint density at radius 3 is 2.64 bits per heavy atom. The molecule has 1 aliphatic heterocycles. The maximum atomic E-state index is 11.7. The molecule has 1 aromatic heterocycles. The second-order valence-corrected chi connectivity index (χ2v) is 7.67. The summed E-state index contributed by atoms with van der Waals surface area (Å²) in [6.07, 6.45) is 0.636. The molecule has 0 radical (unpaired) electrons. The Bertz CT molecular complexity index is 842. The van der Waals surface area contributed by atoms with Crippen LogP contribution in [0.5, 0.6) is 5.75 Å². The summed E-state index contributed by atoms with van der Waals surface area (Å²) < 4.78 is 10.8.